The Bertz CT molecular complexity index is 912. The van der Waals surface area contributed by atoms with Gasteiger partial charge in [0.25, 0.3) is 0 Å². The summed E-state index contributed by atoms with van der Waals surface area (Å²) in [7, 11) is 0. The van der Waals surface area contributed by atoms with Crippen molar-refractivity contribution in [3.8, 4) is 11.5 Å². The van der Waals surface area contributed by atoms with Crippen molar-refractivity contribution < 1.29 is 13.9 Å². The summed E-state index contributed by atoms with van der Waals surface area (Å²) in [5, 5.41) is 18.8. The van der Waals surface area contributed by atoms with Crippen molar-refractivity contribution in [1.29, 1.82) is 10.8 Å². The van der Waals surface area contributed by atoms with E-state index in [1.54, 1.807) is 12.1 Å². The fraction of sp³-hybridized carbons (Fsp3) is 0.250. The van der Waals surface area contributed by atoms with Crippen LogP contribution in [-0.2, 0) is 6.54 Å². The number of anilines is 1. The van der Waals surface area contributed by atoms with E-state index in [9.17, 15) is 4.39 Å². The molecule has 1 atom stereocenters. The first-order valence-corrected chi connectivity index (χ1v) is 8.20. The van der Waals surface area contributed by atoms with E-state index < -0.39 is 0 Å². The monoisotopic (exact) mass is 392 g/mol. The molecule has 3 N–H and O–H groups in total. The Labute approximate surface area is 145 Å². The van der Waals surface area contributed by atoms with Crippen LogP contribution in [0.25, 0.3) is 0 Å². The van der Waals surface area contributed by atoms with E-state index in [4.69, 9.17) is 20.3 Å². The summed E-state index contributed by atoms with van der Waals surface area (Å²) >= 11 is 3.31. The number of hydrogen-bond donors (Lipinski definition) is 3. The zero-order chi connectivity index (χ0) is 16.8. The van der Waals surface area contributed by atoms with E-state index in [1.807, 2.05) is 0 Å². The van der Waals surface area contributed by atoms with Gasteiger partial charge >= 0.3 is 0 Å². The molecule has 0 unspecified atom stereocenters. The third kappa shape index (κ3) is 2.21. The maximum Gasteiger partial charge on any atom is 0.161 e. The maximum absolute atomic E-state index is 14.4. The molecule has 4 rings (SSSR count). The van der Waals surface area contributed by atoms with Gasteiger partial charge in [0, 0.05) is 23.7 Å². The van der Waals surface area contributed by atoms with Crippen LogP contribution in [0, 0.1) is 16.6 Å². The molecule has 1 aromatic heterocycles. The molecule has 3 heterocycles. The molecule has 24 heavy (non-hydrogen) atoms. The predicted octanol–water partition coefficient (Wildman–Crippen LogP) is 2.80. The summed E-state index contributed by atoms with van der Waals surface area (Å²) in [6.07, 6.45) is 1.03. The average Bonchev–Trinajstić information content (AvgIpc) is 3.00. The standard InChI is InChI=1S/C16H14BrFN4O2/c17-10-3-13-16(22(7-19)15(10)20)21-4-9-11(18)1-2-12-14(9)8(5-23-12)6-24-13/h1-3,7-8,19-21H,4-6H2/t8-/m1/s1. The van der Waals surface area contributed by atoms with E-state index in [1.165, 1.54) is 10.6 Å². The van der Waals surface area contributed by atoms with Gasteiger partial charge in [-0.2, -0.15) is 0 Å². The van der Waals surface area contributed by atoms with Gasteiger partial charge in [-0.15, -0.1) is 0 Å². The summed E-state index contributed by atoms with van der Waals surface area (Å²) in [6.45, 7) is 1.00. The average molecular weight is 393 g/mol. The Morgan fingerprint density at radius 1 is 1.29 bits per heavy atom. The lowest BCUT2D eigenvalue weighted by atomic mass is 9.96. The normalized spacial score (nSPS) is 18.0. The van der Waals surface area contributed by atoms with Gasteiger partial charge in [-0.1, -0.05) is 0 Å². The number of ether oxygens (including phenoxy) is 2. The molecule has 124 valence electrons. The van der Waals surface area contributed by atoms with Crippen LogP contribution >= 0.6 is 15.9 Å². The number of hydrogen-bond acceptors (Lipinski definition) is 5. The SMILES string of the molecule is N=Cn1c2c(cc(Br)c1=N)OC[C@H]1COc3ccc(F)c(c31)CN2. The molecule has 0 saturated carbocycles. The van der Waals surface area contributed by atoms with Crippen molar-refractivity contribution >= 4 is 28.1 Å². The Hall–Kier alpha value is -2.35. The van der Waals surface area contributed by atoms with Crippen molar-refractivity contribution in [1.82, 2.24) is 4.57 Å². The molecule has 0 spiro atoms. The molecule has 2 aliphatic heterocycles. The fourth-order valence-electron chi connectivity index (χ4n) is 3.15. The molecule has 8 heteroatoms. The lowest BCUT2D eigenvalue weighted by Gasteiger charge is -2.17. The first kappa shape index (κ1) is 15.2. The fourth-order valence-corrected chi connectivity index (χ4v) is 3.55. The van der Waals surface area contributed by atoms with Crippen molar-refractivity contribution in [2.75, 3.05) is 18.5 Å². The molecule has 0 radical (unpaired) electrons. The van der Waals surface area contributed by atoms with Gasteiger partial charge in [0.15, 0.2) is 11.6 Å². The largest absolute Gasteiger partial charge is 0.493 e. The summed E-state index contributed by atoms with van der Waals surface area (Å²) < 4.78 is 27.8. The quantitative estimate of drug-likeness (QED) is 0.515. The summed E-state index contributed by atoms with van der Waals surface area (Å²) in [6, 6.07) is 4.74. The molecular formula is C16H14BrFN4O2. The Morgan fingerprint density at radius 3 is 2.79 bits per heavy atom. The molecular weight excluding hydrogens is 379 g/mol. The second-order valence-corrected chi connectivity index (χ2v) is 6.52. The molecule has 0 amide bonds. The molecule has 0 saturated heterocycles. The Kier molecular flexibility index (Phi) is 3.56. The van der Waals surface area contributed by atoms with E-state index in [0.29, 0.717) is 40.6 Å². The molecule has 0 aliphatic carbocycles. The van der Waals surface area contributed by atoms with Crippen molar-refractivity contribution in [3.05, 3.63) is 45.1 Å². The van der Waals surface area contributed by atoms with Crippen LogP contribution in [0.3, 0.4) is 0 Å². The molecule has 0 fully saturated rings. The number of fused-ring (bicyclic) bond motifs is 1. The second-order valence-electron chi connectivity index (χ2n) is 5.66. The number of nitrogens with zero attached hydrogens (tertiary/aromatic N) is 1. The first-order chi connectivity index (χ1) is 11.6. The maximum atomic E-state index is 14.4. The number of rotatable bonds is 1. The van der Waals surface area contributed by atoms with Crippen molar-refractivity contribution in [3.63, 3.8) is 0 Å². The number of nitrogens with one attached hydrogen (secondary N) is 3. The minimum atomic E-state index is -0.301. The van der Waals surface area contributed by atoms with Crippen LogP contribution in [0.2, 0.25) is 0 Å². The van der Waals surface area contributed by atoms with E-state index in [0.717, 1.165) is 11.9 Å². The van der Waals surface area contributed by atoms with Gasteiger partial charge in [0.1, 0.15) is 17.1 Å². The zero-order valence-electron chi connectivity index (χ0n) is 12.5. The predicted molar refractivity (Wildman–Crippen MR) is 89.6 cm³/mol. The van der Waals surface area contributed by atoms with Crippen LogP contribution < -0.4 is 20.3 Å². The Morgan fingerprint density at radius 2 is 2.04 bits per heavy atom. The topological polar surface area (TPSA) is 83.1 Å². The number of pyridine rings is 1. The van der Waals surface area contributed by atoms with Gasteiger partial charge in [0.05, 0.1) is 29.9 Å². The number of halogens is 2. The molecule has 6 nitrogen and oxygen atoms in total. The van der Waals surface area contributed by atoms with Crippen LogP contribution in [0.15, 0.2) is 22.7 Å². The molecule has 2 aliphatic rings. The molecule has 0 bridgehead atoms. The second kappa shape index (κ2) is 5.62. The van der Waals surface area contributed by atoms with Gasteiger partial charge in [-0.3, -0.25) is 15.4 Å². The van der Waals surface area contributed by atoms with E-state index in [-0.39, 0.29) is 23.8 Å². The van der Waals surface area contributed by atoms with Crippen molar-refractivity contribution in [2.24, 2.45) is 0 Å². The van der Waals surface area contributed by atoms with Gasteiger partial charge in [0.2, 0.25) is 0 Å². The van der Waals surface area contributed by atoms with Gasteiger partial charge in [-0.05, 0) is 28.1 Å². The zero-order valence-corrected chi connectivity index (χ0v) is 14.1. The van der Waals surface area contributed by atoms with Crippen LogP contribution in [0.1, 0.15) is 17.0 Å². The smallest absolute Gasteiger partial charge is 0.161 e. The molecule has 2 aromatic rings. The summed E-state index contributed by atoms with van der Waals surface area (Å²) in [4.78, 5) is 0. The van der Waals surface area contributed by atoms with Gasteiger partial charge < -0.3 is 14.8 Å². The lowest BCUT2D eigenvalue weighted by molar-refractivity contribution is 0.248. The minimum absolute atomic E-state index is 0.0543. The highest BCUT2D eigenvalue weighted by molar-refractivity contribution is 9.10. The Balaban J connectivity index is 1.88. The van der Waals surface area contributed by atoms with Crippen LogP contribution in [0.5, 0.6) is 11.5 Å². The van der Waals surface area contributed by atoms with Gasteiger partial charge in [-0.25, -0.2) is 4.39 Å². The first-order valence-electron chi connectivity index (χ1n) is 7.41. The third-order valence-corrected chi connectivity index (χ3v) is 4.91. The minimum Gasteiger partial charge on any atom is -0.493 e. The number of benzene rings is 1. The number of aromatic nitrogens is 1. The van der Waals surface area contributed by atoms with Crippen molar-refractivity contribution in [2.45, 2.75) is 12.5 Å². The lowest BCUT2D eigenvalue weighted by Crippen LogP contribution is -2.24. The van der Waals surface area contributed by atoms with E-state index >= 15 is 0 Å². The van der Waals surface area contributed by atoms with E-state index in [2.05, 4.69) is 21.2 Å². The van der Waals surface area contributed by atoms with Crippen LogP contribution in [-0.4, -0.2) is 24.1 Å². The summed E-state index contributed by atoms with van der Waals surface area (Å²) in [5.74, 6) is 1.29. The highest BCUT2D eigenvalue weighted by Gasteiger charge is 2.31. The highest BCUT2D eigenvalue weighted by atomic mass is 79.9. The highest BCUT2D eigenvalue weighted by Crippen LogP contribution is 2.40. The third-order valence-electron chi connectivity index (χ3n) is 4.31. The molecule has 1 aromatic carbocycles. The van der Waals surface area contributed by atoms with Crippen LogP contribution in [0.4, 0.5) is 10.2 Å². The summed E-state index contributed by atoms with van der Waals surface area (Å²) in [5.41, 5.74) is 1.49.